The van der Waals surface area contributed by atoms with Gasteiger partial charge < -0.3 is 10.4 Å². The number of nitrogens with zero attached hydrogens (tertiary/aromatic N) is 1. The minimum absolute atomic E-state index is 0. The standard InChI is InChI=1S/C18H22N2O4S.ClH/c21-18(22)12-19-11-14-5-4-10-20(13-14)25(23,24)17-9-3-7-15-6-1-2-8-16(15)17;/h1-3,6-9,14,19H,4-5,10-13H2,(H,21,22);1H. The second-order valence-electron chi connectivity index (χ2n) is 6.37. The number of piperidine rings is 1. The molecule has 1 saturated heterocycles. The summed E-state index contributed by atoms with van der Waals surface area (Å²) in [4.78, 5) is 10.9. The van der Waals surface area contributed by atoms with Gasteiger partial charge in [-0.25, -0.2) is 8.42 Å². The van der Waals surface area contributed by atoms with Gasteiger partial charge in [0.05, 0.1) is 11.4 Å². The first-order valence-electron chi connectivity index (χ1n) is 8.39. The molecule has 2 N–H and O–H groups in total. The van der Waals surface area contributed by atoms with Crippen LogP contribution in [0.3, 0.4) is 0 Å². The first-order valence-corrected chi connectivity index (χ1v) is 9.83. The van der Waals surface area contributed by atoms with Crippen LogP contribution in [0.1, 0.15) is 12.8 Å². The van der Waals surface area contributed by atoms with Gasteiger partial charge in [-0.15, -0.1) is 12.4 Å². The maximum atomic E-state index is 13.1. The topological polar surface area (TPSA) is 86.7 Å². The molecule has 142 valence electrons. The van der Waals surface area contributed by atoms with Crippen molar-refractivity contribution >= 4 is 39.2 Å². The fraction of sp³-hybridized carbons (Fsp3) is 0.389. The van der Waals surface area contributed by atoms with Crippen molar-refractivity contribution in [2.45, 2.75) is 17.7 Å². The number of carbonyl (C=O) groups is 1. The number of hydrogen-bond acceptors (Lipinski definition) is 4. The number of carboxylic acid groups (broad SMARTS) is 1. The van der Waals surface area contributed by atoms with E-state index in [0.717, 1.165) is 23.6 Å². The Kier molecular flexibility index (Phi) is 7.00. The molecule has 0 bridgehead atoms. The summed E-state index contributed by atoms with van der Waals surface area (Å²) in [5.74, 6) is -0.783. The molecule has 0 amide bonds. The predicted molar refractivity (Wildman–Crippen MR) is 103 cm³/mol. The molecule has 0 aromatic heterocycles. The first kappa shape index (κ1) is 20.6. The Labute approximate surface area is 159 Å². The van der Waals surface area contributed by atoms with Crippen LogP contribution in [0.4, 0.5) is 0 Å². The molecule has 1 unspecified atom stereocenters. The second kappa shape index (κ2) is 8.81. The molecule has 2 aromatic carbocycles. The maximum absolute atomic E-state index is 13.1. The fourth-order valence-corrected chi connectivity index (χ4v) is 5.12. The normalized spacial score (nSPS) is 18.4. The van der Waals surface area contributed by atoms with Gasteiger partial charge in [0, 0.05) is 18.5 Å². The van der Waals surface area contributed by atoms with E-state index in [-0.39, 0.29) is 24.9 Å². The third-order valence-corrected chi connectivity index (χ3v) is 6.48. The number of carboxylic acids is 1. The minimum Gasteiger partial charge on any atom is -0.480 e. The van der Waals surface area contributed by atoms with E-state index in [9.17, 15) is 13.2 Å². The van der Waals surface area contributed by atoms with E-state index in [4.69, 9.17) is 5.11 Å². The lowest BCUT2D eigenvalue weighted by Gasteiger charge is -2.32. The molecule has 0 spiro atoms. The average molecular weight is 399 g/mol. The molecule has 0 radical (unpaired) electrons. The molecule has 6 nitrogen and oxygen atoms in total. The third kappa shape index (κ3) is 4.54. The Bertz CT molecular complexity index is 867. The van der Waals surface area contributed by atoms with Crippen molar-refractivity contribution < 1.29 is 18.3 Å². The van der Waals surface area contributed by atoms with E-state index in [1.807, 2.05) is 30.3 Å². The van der Waals surface area contributed by atoms with Crippen molar-refractivity contribution in [3.05, 3.63) is 42.5 Å². The van der Waals surface area contributed by atoms with Gasteiger partial charge in [0.25, 0.3) is 0 Å². The van der Waals surface area contributed by atoms with Gasteiger partial charge in [-0.1, -0.05) is 36.4 Å². The smallest absolute Gasteiger partial charge is 0.317 e. The van der Waals surface area contributed by atoms with Crippen LogP contribution in [0.25, 0.3) is 10.8 Å². The Morgan fingerprint density at radius 3 is 2.69 bits per heavy atom. The SMILES string of the molecule is Cl.O=C(O)CNCC1CCCN(S(=O)(=O)c2cccc3ccccc23)C1. The van der Waals surface area contributed by atoms with Crippen molar-refractivity contribution in [3.8, 4) is 0 Å². The van der Waals surface area contributed by atoms with Crippen molar-refractivity contribution in [3.63, 3.8) is 0 Å². The van der Waals surface area contributed by atoms with Gasteiger partial charge in [0.1, 0.15) is 0 Å². The average Bonchev–Trinajstić information content (AvgIpc) is 2.61. The molecule has 1 atom stereocenters. The van der Waals surface area contributed by atoms with Gasteiger partial charge in [-0.3, -0.25) is 4.79 Å². The molecule has 2 aromatic rings. The fourth-order valence-electron chi connectivity index (χ4n) is 3.35. The Hall–Kier alpha value is -1.67. The quantitative estimate of drug-likeness (QED) is 0.779. The lowest BCUT2D eigenvalue weighted by molar-refractivity contribution is -0.136. The van der Waals surface area contributed by atoms with Crippen LogP contribution >= 0.6 is 12.4 Å². The van der Waals surface area contributed by atoms with E-state index in [0.29, 0.717) is 24.5 Å². The molecular weight excluding hydrogens is 376 g/mol. The van der Waals surface area contributed by atoms with Gasteiger partial charge >= 0.3 is 5.97 Å². The zero-order valence-corrected chi connectivity index (χ0v) is 15.9. The number of halogens is 1. The number of hydrogen-bond donors (Lipinski definition) is 2. The zero-order valence-electron chi connectivity index (χ0n) is 14.3. The van der Waals surface area contributed by atoms with E-state index in [2.05, 4.69) is 5.32 Å². The van der Waals surface area contributed by atoms with Gasteiger partial charge in [-0.05, 0) is 36.8 Å². The first-order chi connectivity index (χ1) is 12.0. The number of sulfonamides is 1. The summed E-state index contributed by atoms with van der Waals surface area (Å²) in [6, 6.07) is 12.8. The van der Waals surface area contributed by atoms with Gasteiger partial charge in [-0.2, -0.15) is 4.31 Å². The largest absolute Gasteiger partial charge is 0.480 e. The molecule has 0 saturated carbocycles. The van der Waals surface area contributed by atoms with Crippen LogP contribution in [0.5, 0.6) is 0 Å². The summed E-state index contributed by atoms with van der Waals surface area (Å²) in [7, 11) is -3.57. The zero-order chi connectivity index (χ0) is 17.9. The summed E-state index contributed by atoms with van der Waals surface area (Å²) < 4.78 is 27.8. The van der Waals surface area contributed by atoms with Crippen molar-refractivity contribution in [2.75, 3.05) is 26.2 Å². The molecule has 1 heterocycles. The Morgan fingerprint density at radius 2 is 1.92 bits per heavy atom. The monoisotopic (exact) mass is 398 g/mol. The van der Waals surface area contributed by atoms with E-state index >= 15 is 0 Å². The van der Waals surface area contributed by atoms with Crippen molar-refractivity contribution in [1.82, 2.24) is 9.62 Å². The third-order valence-electron chi connectivity index (χ3n) is 4.56. The highest BCUT2D eigenvalue weighted by Crippen LogP contribution is 2.28. The maximum Gasteiger partial charge on any atom is 0.317 e. The van der Waals surface area contributed by atoms with Crippen molar-refractivity contribution in [2.24, 2.45) is 5.92 Å². The lowest BCUT2D eigenvalue weighted by Crippen LogP contribution is -2.43. The van der Waals surface area contributed by atoms with Crippen LogP contribution in [-0.2, 0) is 14.8 Å². The molecule has 0 aliphatic carbocycles. The molecule has 1 aliphatic rings. The number of nitrogens with one attached hydrogen (secondary N) is 1. The van der Waals surface area contributed by atoms with Crippen molar-refractivity contribution in [1.29, 1.82) is 0 Å². The summed E-state index contributed by atoms with van der Waals surface area (Å²) in [6.07, 6.45) is 1.68. The highest BCUT2D eigenvalue weighted by Gasteiger charge is 2.31. The number of fused-ring (bicyclic) bond motifs is 1. The number of aliphatic carboxylic acids is 1. The molecule has 1 fully saturated rings. The summed E-state index contributed by atoms with van der Waals surface area (Å²) in [5, 5.41) is 13.2. The molecule has 1 aliphatic heterocycles. The summed E-state index contributed by atoms with van der Waals surface area (Å²) in [5.41, 5.74) is 0. The summed E-state index contributed by atoms with van der Waals surface area (Å²) >= 11 is 0. The summed E-state index contributed by atoms with van der Waals surface area (Å²) in [6.45, 7) is 1.32. The Balaban J connectivity index is 0.00000243. The number of rotatable bonds is 6. The predicted octanol–water partition coefficient (Wildman–Crippen LogP) is 2.34. The van der Waals surface area contributed by atoms with Crippen LogP contribution in [-0.4, -0.2) is 50.0 Å². The molecular formula is C18H23ClN2O4S. The second-order valence-corrected chi connectivity index (χ2v) is 8.28. The molecule has 8 heteroatoms. The minimum atomic E-state index is -3.57. The van der Waals surface area contributed by atoms with Crippen LogP contribution in [0.15, 0.2) is 47.4 Å². The van der Waals surface area contributed by atoms with Crippen LogP contribution < -0.4 is 5.32 Å². The lowest BCUT2D eigenvalue weighted by atomic mass is 10.00. The van der Waals surface area contributed by atoms with Gasteiger partial charge in [0.15, 0.2) is 0 Å². The van der Waals surface area contributed by atoms with Crippen LogP contribution in [0, 0.1) is 5.92 Å². The highest BCUT2D eigenvalue weighted by atomic mass is 35.5. The van der Waals surface area contributed by atoms with Gasteiger partial charge in [0.2, 0.25) is 10.0 Å². The highest BCUT2D eigenvalue weighted by molar-refractivity contribution is 7.89. The number of benzene rings is 2. The van der Waals surface area contributed by atoms with E-state index < -0.39 is 16.0 Å². The van der Waals surface area contributed by atoms with E-state index in [1.165, 1.54) is 4.31 Å². The molecule has 3 rings (SSSR count). The van der Waals surface area contributed by atoms with Crippen LogP contribution in [0.2, 0.25) is 0 Å². The Morgan fingerprint density at radius 1 is 1.19 bits per heavy atom. The van der Waals surface area contributed by atoms with E-state index in [1.54, 1.807) is 12.1 Å². The molecule has 26 heavy (non-hydrogen) atoms.